The van der Waals surface area contributed by atoms with Gasteiger partial charge >= 0.3 is 0 Å². The largest absolute Gasteiger partial charge is 0.345 e. The lowest BCUT2D eigenvalue weighted by Crippen LogP contribution is -2.29. The molecule has 0 radical (unpaired) electrons. The van der Waals surface area contributed by atoms with Crippen molar-refractivity contribution in [1.82, 2.24) is 4.90 Å². The van der Waals surface area contributed by atoms with Gasteiger partial charge in [-0.05, 0) is 18.3 Å². The second-order valence-electron chi connectivity index (χ2n) is 4.24. The van der Waals surface area contributed by atoms with Crippen molar-refractivity contribution in [1.29, 1.82) is 0 Å². The van der Waals surface area contributed by atoms with Gasteiger partial charge in [-0.3, -0.25) is 4.79 Å². The minimum absolute atomic E-state index is 0.0847. The lowest BCUT2D eigenvalue weighted by atomic mass is 9.85. The fraction of sp³-hybridized carbons (Fsp3) is 0.700. The van der Waals surface area contributed by atoms with E-state index in [0.717, 1.165) is 18.4 Å². The molecule has 0 aromatic rings. The number of hydrogen-bond acceptors (Lipinski definition) is 1. The summed E-state index contributed by atoms with van der Waals surface area (Å²) in [5.74, 6) is 0.164. The van der Waals surface area contributed by atoms with E-state index in [1.165, 1.54) is 0 Å². The summed E-state index contributed by atoms with van der Waals surface area (Å²) in [4.78, 5) is 13.3. The van der Waals surface area contributed by atoms with Crippen molar-refractivity contribution in [2.24, 2.45) is 5.41 Å². The molecule has 0 atom stereocenters. The lowest BCUT2D eigenvalue weighted by Gasteiger charge is -2.23. The molecule has 0 saturated carbocycles. The molecule has 0 N–H and O–H groups in total. The van der Waals surface area contributed by atoms with Gasteiger partial charge in [-0.1, -0.05) is 19.9 Å². The van der Waals surface area contributed by atoms with Crippen LogP contribution in [0.1, 0.15) is 26.7 Å². The van der Waals surface area contributed by atoms with Crippen LogP contribution in [0, 0.1) is 5.41 Å². The highest BCUT2D eigenvalue weighted by atomic mass is 16.2. The SMILES string of the molecule is CN(C)C(=O)C1=CCCC1(C)C. The Morgan fingerprint density at radius 2 is 2.08 bits per heavy atom. The normalized spacial score (nSPS) is 20.5. The molecule has 0 saturated heterocycles. The average Bonchev–Trinajstić information content (AvgIpc) is 2.27. The van der Waals surface area contributed by atoms with Crippen LogP contribution in [-0.2, 0) is 4.79 Å². The summed E-state index contributed by atoms with van der Waals surface area (Å²) in [6.45, 7) is 4.26. The summed E-state index contributed by atoms with van der Waals surface area (Å²) in [6.07, 6.45) is 4.21. The van der Waals surface area contributed by atoms with Crippen LogP contribution >= 0.6 is 0 Å². The number of hydrogen-bond donors (Lipinski definition) is 0. The number of allylic oxidation sites excluding steroid dienone is 1. The van der Waals surface area contributed by atoms with Crippen LogP contribution in [0.4, 0.5) is 0 Å². The summed E-state index contributed by atoms with van der Waals surface area (Å²) in [7, 11) is 3.61. The summed E-state index contributed by atoms with van der Waals surface area (Å²) in [6, 6.07) is 0. The highest BCUT2D eigenvalue weighted by molar-refractivity contribution is 5.94. The highest BCUT2D eigenvalue weighted by Crippen LogP contribution is 2.38. The highest BCUT2D eigenvalue weighted by Gasteiger charge is 2.32. The predicted octanol–water partition coefficient (Wildman–Crippen LogP) is 1.82. The van der Waals surface area contributed by atoms with Crippen molar-refractivity contribution in [2.45, 2.75) is 26.7 Å². The summed E-state index contributed by atoms with van der Waals surface area (Å²) in [5, 5.41) is 0. The Morgan fingerprint density at radius 1 is 1.50 bits per heavy atom. The Morgan fingerprint density at radius 3 is 2.42 bits per heavy atom. The van der Waals surface area contributed by atoms with Gasteiger partial charge in [0.05, 0.1) is 0 Å². The maximum absolute atomic E-state index is 11.6. The van der Waals surface area contributed by atoms with Crippen LogP contribution in [-0.4, -0.2) is 24.9 Å². The van der Waals surface area contributed by atoms with Gasteiger partial charge in [-0.15, -0.1) is 0 Å². The van der Waals surface area contributed by atoms with E-state index in [4.69, 9.17) is 0 Å². The Balaban J connectivity index is 2.82. The van der Waals surface area contributed by atoms with E-state index in [1.54, 1.807) is 19.0 Å². The van der Waals surface area contributed by atoms with Crippen LogP contribution in [0.15, 0.2) is 11.6 Å². The summed E-state index contributed by atoms with van der Waals surface area (Å²) in [5.41, 5.74) is 1.06. The molecule has 0 aromatic heterocycles. The second kappa shape index (κ2) is 2.92. The van der Waals surface area contributed by atoms with Crippen LogP contribution in [0.25, 0.3) is 0 Å². The zero-order chi connectivity index (χ0) is 9.35. The molecule has 2 nitrogen and oxygen atoms in total. The van der Waals surface area contributed by atoms with Gasteiger partial charge in [0.1, 0.15) is 0 Å². The van der Waals surface area contributed by atoms with Crippen molar-refractivity contribution in [3.63, 3.8) is 0 Å². The Hall–Kier alpha value is -0.790. The minimum atomic E-state index is 0.0847. The van der Waals surface area contributed by atoms with E-state index in [1.807, 2.05) is 0 Å². The van der Waals surface area contributed by atoms with Crippen molar-refractivity contribution < 1.29 is 4.79 Å². The van der Waals surface area contributed by atoms with Crippen molar-refractivity contribution >= 4 is 5.91 Å². The maximum atomic E-state index is 11.6. The monoisotopic (exact) mass is 167 g/mol. The van der Waals surface area contributed by atoms with Crippen molar-refractivity contribution in [2.75, 3.05) is 14.1 Å². The zero-order valence-electron chi connectivity index (χ0n) is 8.35. The van der Waals surface area contributed by atoms with E-state index in [0.29, 0.717) is 0 Å². The molecular formula is C10H17NO. The van der Waals surface area contributed by atoms with Gasteiger partial charge in [0, 0.05) is 19.7 Å². The lowest BCUT2D eigenvalue weighted by molar-refractivity contribution is -0.125. The fourth-order valence-electron chi connectivity index (χ4n) is 1.61. The fourth-order valence-corrected chi connectivity index (χ4v) is 1.61. The average molecular weight is 167 g/mol. The van der Waals surface area contributed by atoms with E-state index in [2.05, 4.69) is 19.9 Å². The molecule has 0 aromatic carbocycles. The number of carbonyl (C=O) groups excluding carboxylic acids is 1. The molecule has 0 unspecified atom stereocenters. The first-order valence-electron chi connectivity index (χ1n) is 4.37. The molecule has 68 valence electrons. The molecule has 12 heavy (non-hydrogen) atoms. The van der Waals surface area contributed by atoms with Gasteiger partial charge in [0.2, 0.25) is 5.91 Å². The van der Waals surface area contributed by atoms with Gasteiger partial charge < -0.3 is 4.90 Å². The first kappa shape index (κ1) is 9.30. The molecule has 1 amide bonds. The quantitative estimate of drug-likeness (QED) is 0.583. The summed E-state index contributed by atoms with van der Waals surface area (Å²) < 4.78 is 0. The van der Waals surface area contributed by atoms with Gasteiger partial charge in [0.15, 0.2) is 0 Å². The van der Waals surface area contributed by atoms with Crippen LogP contribution in [0.2, 0.25) is 0 Å². The number of amides is 1. The minimum Gasteiger partial charge on any atom is -0.345 e. The van der Waals surface area contributed by atoms with Gasteiger partial charge in [-0.2, -0.15) is 0 Å². The number of rotatable bonds is 1. The van der Waals surface area contributed by atoms with Crippen molar-refractivity contribution in [3.05, 3.63) is 11.6 Å². The van der Waals surface area contributed by atoms with E-state index >= 15 is 0 Å². The molecule has 0 heterocycles. The maximum Gasteiger partial charge on any atom is 0.249 e. The molecule has 0 aliphatic heterocycles. The van der Waals surface area contributed by atoms with Gasteiger partial charge in [-0.25, -0.2) is 0 Å². The molecule has 1 rings (SSSR count). The Kier molecular flexibility index (Phi) is 2.27. The molecule has 0 fully saturated rings. The summed E-state index contributed by atoms with van der Waals surface area (Å²) >= 11 is 0. The van der Waals surface area contributed by atoms with Gasteiger partial charge in [0.25, 0.3) is 0 Å². The third kappa shape index (κ3) is 1.52. The molecular weight excluding hydrogens is 150 g/mol. The Bertz CT molecular complexity index is 226. The predicted molar refractivity (Wildman–Crippen MR) is 49.8 cm³/mol. The first-order valence-corrected chi connectivity index (χ1v) is 4.37. The molecule has 1 aliphatic carbocycles. The van der Waals surface area contributed by atoms with E-state index < -0.39 is 0 Å². The third-order valence-electron chi connectivity index (χ3n) is 2.48. The molecule has 0 spiro atoms. The van der Waals surface area contributed by atoms with E-state index in [9.17, 15) is 4.79 Å². The Labute approximate surface area is 74.2 Å². The number of nitrogens with zero attached hydrogens (tertiary/aromatic N) is 1. The van der Waals surface area contributed by atoms with Crippen LogP contribution in [0.3, 0.4) is 0 Å². The molecule has 0 bridgehead atoms. The van der Waals surface area contributed by atoms with E-state index in [-0.39, 0.29) is 11.3 Å². The van der Waals surface area contributed by atoms with Crippen molar-refractivity contribution in [3.8, 4) is 0 Å². The zero-order valence-corrected chi connectivity index (χ0v) is 8.35. The second-order valence-corrected chi connectivity index (χ2v) is 4.24. The standard InChI is InChI=1S/C10H17NO/c1-10(2)7-5-6-8(10)9(12)11(3)4/h6H,5,7H2,1-4H3. The molecule has 1 aliphatic rings. The first-order chi connectivity index (χ1) is 5.45. The van der Waals surface area contributed by atoms with Crippen LogP contribution < -0.4 is 0 Å². The molecule has 2 heteroatoms. The smallest absolute Gasteiger partial charge is 0.249 e. The topological polar surface area (TPSA) is 20.3 Å². The number of carbonyl (C=O) groups is 1. The third-order valence-corrected chi connectivity index (χ3v) is 2.48. The number of likely N-dealkylation sites (N-methyl/N-ethyl adjacent to an activating group) is 1. The van der Waals surface area contributed by atoms with Crippen LogP contribution in [0.5, 0.6) is 0 Å².